The number of aromatic nitrogens is 1. The number of carbonyl (C=O) groups is 1. The maximum atomic E-state index is 13.4. The molecule has 0 aliphatic carbocycles. The van der Waals surface area contributed by atoms with E-state index in [-0.39, 0.29) is 18.3 Å². The second kappa shape index (κ2) is 10.8. The number of carbonyl (C=O) groups excluding carboxylic acids is 1. The first-order chi connectivity index (χ1) is 14.1. The van der Waals surface area contributed by atoms with Crippen LogP contribution < -0.4 is 4.90 Å². The number of benzene rings is 2. The molecule has 0 atom stereocenters. The summed E-state index contributed by atoms with van der Waals surface area (Å²) in [5.41, 5.74) is 1.32. The van der Waals surface area contributed by atoms with Gasteiger partial charge in [0.25, 0.3) is 5.91 Å². The topological polar surface area (TPSA) is 45.7 Å². The van der Waals surface area contributed by atoms with Gasteiger partial charge in [-0.2, -0.15) is 0 Å². The molecule has 1 saturated heterocycles. The van der Waals surface area contributed by atoms with Crippen LogP contribution in [0.4, 0.5) is 5.13 Å². The maximum absolute atomic E-state index is 13.4. The lowest BCUT2D eigenvalue weighted by atomic mass is 10.2. The quantitative estimate of drug-likeness (QED) is 0.468. The van der Waals surface area contributed by atoms with Gasteiger partial charge in [-0.25, -0.2) is 4.98 Å². The molecule has 0 saturated carbocycles. The molecule has 1 aliphatic heterocycles. The SMILES string of the molecule is Cl.O=C(c1ccc(Cl)cc1Cl)N(CCCN1CCOCC1)c1nc2ccccc2s1. The summed E-state index contributed by atoms with van der Waals surface area (Å²) in [6.07, 6.45) is 0.840. The zero-order chi connectivity index (χ0) is 20.2. The molecule has 1 aromatic heterocycles. The van der Waals surface area contributed by atoms with E-state index in [1.807, 2.05) is 24.3 Å². The molecule has 2 heterocycles. The van der Waals surface area contributed by atoms with E-state index in [2.05, 4.69) is 4.90 Å². The van der Waals surface area contributed by atoms with E-state index in [9.17, 15) is 4.79 Å². The largest absolute Gasteiger partial charge is 0.379 e. The molecule has 0 bridgehead atoms. The number of halogens is 3. The van der Waals surface area contributed by atoms with Gasteiger partial charge in [0.2, 0.25) is 0 Å². The van der Waals surface area contributed by atoms with Crippen molar-refractivity contribution in [2.45, 2.75) is 6.42 Å². The zero-order valence-electron chi connectivity index (χ0n) is 16.2. The summed E-state index contributed by atoms with van der Waals surface area (Å²) in [5, 5.41) is 1.54. The van der Waals surface area contributed by atoms with E-state index in [1.165, 1.54) is 11.3 Å². The number of nitrogens with zero attached hydrogens (tertiary/aromatic N) is 3. The monoisotopic (exact) mass is 485 g/mol. The second-order valence-corrected chi connectivity index (χ2v) is 8.71. The molecule has 5 nitrogen and oxygen atoms in total. The minimum atomic E-state index is -0.160. The fourth-order valence-electron chi connectivity index (χ4n) is 3.35. The molecule has 1 aliphatic rings. The number of thiazole rings is 1. The normalized spacial score (nSPS) is 14.5. The van der Waals surface area contributed by atoms with Gasteiger partial charge in [-0.3, -0.25) is 14.6 Å². The van der Waals surface area contributed by atoms with Crippen LogP contribution in [0, 0.1) is 0 Å². The van der Waals surface area contributed by atoms with Gasteiger partial charge in [0, 0.05) is 31.2 Å². The van der Waals surface area contributed by atoms with Crippen LogP contribution in [0.5, 0.6) is 0 Å². The van der Waals surface area contributed by atoms with Gasteiger partial charge in [-0.05, 0) is 36.8 Å². The molecular weight excluding hydrogens is 465 g/mol. The minimum absolute atomic E-state index is 0. The Morgan fingerprint density at radius 3 is 2.67 bits per heavy atom. The Labute approximate surface area is 195 Å². The van der Waals surface area contributed by atoms with Crippen LogP contribution in [0.2, 0.25) is 10.0 Å². The number of rotatable bonds is 6. The molecule has 160 valence electrons. The predicted molar refractivity (Wildman–Crippen MR) is 127 cm³/mol. The highest BCUT2D eigenvalue weighted by atomic mass is 35.5. The van der Waals surface area contributed by atoms with Gasteiger partial charge in [0.05, 0.1) is 34.0 Å². The highest BCUT2D eigenvalue weighted by Crippen LogP contribution is 2.31. The summed E-state index contributed by atoms with van der Waals surface area (Å²) in [5.74, 6) is -0.160. The van der Waals surface area contributed by atoms with E-state index >= 15 is 0 Å². The van der Waals surface area contributed by atoms with Gasteiger partial charge in [-0.1, -0.05) is 46.7 Å². The fraction of sp³-hybridized carbons (Fsp3) is 0.333. The van der Waals surface area contributed by atoms with Crippen molar-refractivity contribution in [1.82, 2.24) is 9.88 Å². The Hall–Kier alpha value is -1.41. The number of hydrogen-bond donors (Lipinski definition) is 0. The molecular formula is C21H22Cl3N3O2S. The van der Waals surface area contributed by atoms with Gasteiger partial charge in [0.1, 0.15) is 0 Å². The van der Waals surface area contributed by atoms with Crippen LogP contribution in [-0.4, -0.2) is 55.2 Å². The first kappa shape index (κ1) is 23.3. The zero-order valence-corrected chi connectivity index (χ0v) is 19.4. The third-order valence-corrected chi connectivity index (χ3v) is 6.49. The van der Waals surface area contributed by atoms with E-state index in [1.54, 1.807) is 23.1 Å². The molecule has 9 heteroatoms. The first-order valence-electron chi connectivity index (χ1n) is 9.54. The van der Waals surface area contributed by atoms with E-state index in [0.29, 0.717) is 27.3 Å². The Kier molecular flexibility index (Phi) is 8.34. The van der Waals surface area contributed by atoms with Crippen LogP contribution in [-0.2, 0) is 4.74 Å². The maximum Gasteiger partial charge on any atom is 0.261 e. The van der Waals surface area contributed by atoms with Crippen LogP contribution in [0.25, 0.3) is 10.2 Å². The summed E-state index contributed by atoms with van der Waals surface area (Å²) in [6.45, 7) is 4.86. The van der Waals surface area contributed by atoms with Gasteiger partial charge in [0.15, 0.2) is 5.13 Å². The molecule has 1 amide bonds. The smallest absolute Gasteiger partial charge is 0.261 e. The van der Waals surface area contributed by atoms with Crippen molar-refractivity contribution in [2.75, 3.05) is 44.3 Å². The lowest BCUT2D eigenvalue weighted by Gasteiger charge is -2.27. The Bertz CT molecular complexity index is 975. The summed E-state index contributed by atoms with van der Waals surface area (Å²) in [4.78, 5) is 22.2. The van der Waals surface area contributed by atoms with Gasteiger partial charge >= 0.3 is 0 Å². The van der Waals surface area contributed by atoms with Gasteiger partial charge < -0.3 is 4.74 Å². The molecule has 1 fully saturated rings. The molecule has 0 radical (unpaired) electrons. The van der Waals surface area contributed by atoms with Crippen molar-refractivity contribution >= 4 is 68.2 Å². The number of anilines is 1. The van der Waals surface area contributed by atoms with Crippen molar-refractivity contribution in [3.8, 4) is 0 Å². The van der Waals surface area contributed by atoms with Crippen LogP contribution in [0.1, 0.15) is 16.8 Å². The molecule has 30 heavy (non-hydrogen) atoms. The Balaban J connectivity index is 0.00000256. The van der Waals surface area contributed by atoms with E-state index in [0.717, 1.165) is 49.5 Å². The van der Waals surface area contributed by atoms with Crippen molar-refractivity contribution in [3.63, 3.8) is 0 Å². The lowest BCUT2D eigenvalue weighted by Crippen LogP contribution is -2.39. The number of fused-ring (bicyclic) bond motifs is 1. The third-order valence-electron chi connectivity index (χ3n) is 4.88. The highest BCUT2D eigenvalue weighted by Gasteiger charge is 2.23. The molecule has 0 spiro atoms. The lowest BCUT2D eigenvalue weighted by molar-refractivity contribution is 0.0376. The molecule has 2 aromatic carbocycles. The first-order valence-corrected chi connectivity index (χ1v) is 11.1. The number of ether oxygens (including phenoxy) is 1. The fourth-order valence-corrected chi connectivity index (χ4v) is 4.82. The highest BCUT2D eigenvalue weighted by molar-refractivity contribution is 7.22. The number of hydrogen-bond acceptors (Lipinski definition) is 5. The van der Waals surface area contributed by atoms with Crippen molar-refractivity contribution in [3.05, 3.63) is 58.1 Å². The van der Waals surface area contributed by atoms with Crippen LogP contribution >= 0.6 is 46.9 Å². The van der Waals surface area contributed by atoms with Crippen molar-refractivity contribution < 1.29 is 9.53 Å². The summed E-state index contributed by atoms with van der Waals surface area (Å²) >= 11 is 13.8. The van der Waals surface area contributed by atoms with E-state index in [4.69, 9.17) is 32.9 Å². The predicted octanol–water partition coefficient (Wildman–Crippen LogP) is 5.39. The third kappa shape index (κ3) is 5.44. The minimum Gasteiger partial charge on any atom is -0.379 e. The molecule has 4 rings (SSSR count). The average Bonchev–Trinajstić information content (AvgIpc) is 3.15. The summed E-state index contributed by atoms with van der Waals surface area (Å²) < 4.78 is 6.46. The number of amides is 1. The second-order valence-electron chi connectivity index (χ2n) is 6.85. The average molecular weight is 487 g/mol. The summed E-state index contributed by atoms with van der Waals surface area (Å²) in [6, 6.07) is 12.9. The van der Waals surface area contributed by atoms with Crippen molar-refractivity contribution in [1.29, 1.82) is 0 Å². The van der Waals surface area contributed by atoms with E-state index < -0.39 is 0 Å². The number of para-hydroxylation sites is 1. The Morgan fingerprint density at radius 1 is 1.17 bits per heavy atom. The molecule has 0 unspecified atom stereocenters. The van der Waals surface area contributed by atoms with Crippen molar-refractivity contribution in [2.24, 2.45) is 0 Å². The Morgan fingerprint density at radius 2 is 1.93 bits per heavy atom. The summed E-state index contributed by atoms with van der Waals surface area (Å²) in [7, 11) is 0. The molecule has 3 aromatic rings. The van der Waals surface area contributed by atoms with Crippen LogP contribution in [0.15, 0.2) is 42.5 Å². The molecule has 0 N–H and O–H groups in total. The number of morpholine rings is 1. The van der Waals surface area contributed by atoms with Crippen LogP contribution in [0.3, 0.4) is 0 Å². The van der Waals surface area contributed by atoms with Gasteiger partial charge in [-0.15, -0.1) is 12.4 Å². The standard InChI is InChI=1S/C21H21Cl2N3O2S.ClH/c22-15-6-7-16(17(23)14-15)20(27)26(9-3-8-25-10-12-28-13-11-25)21-24-18-4-1-2-5-19(18)29-21;/h1-2,4-7,14H,3,8-13H2;1H.